The molecule has 0 saturated heterocycles. The minimum Gasteiger partial charge on any atom is -0.494 e. The van der Waals surface area contributed by atoms with E-state index in [-0.39, 0.29) is 17.9 Å². The van der Waals surface area contributed by atoms with Gasteiger partial charge in [-0.1, -0.05) is 45.0 Å². The minimum absolute atomic E-state index is 0.109. The van der Waals surface area contributed by atoms with E-state index in [0.29, 0.717) is 48.9 Å². The van der Waals surface area contributed by atoms with Gasteiger partial charge in [0.15, 0.2) is 0 Å². The largest absolute Gasteiger partial charge is 0.494 e. The number of ether oxygens (including phenoxy) is 2. The molecule has 1 N–H and O–H groups in total. The maximum absolute atomic E-state index is 13.4. The summed E-state index contributed by atoms with van der Waals surface area (Å²) in [6.45, 7) is 11.7. The lowest BCUT2D eigenvalue weighted by Crippen LogP contribution is -2.34. The topological polar surface area (TPSA) is 67.9 Å². The Labute approximate surface area is 202 Å². The van der Waals surface area contributed by atoms with Gasteiger partial charge in [-0.25, -0.2) is 0 Å². The van der Waals surface area contributed by atoms with Crippen LogP contribution in [0.4, 0.5) is 5.69 Å². The lowest BCUT2D eigenvalue weighted by molar-refractivity contribution is -0.137. The van der Waals surface area contributed by atoms with E-state index < -0.39 is 0 Å². The van der Waals surface area contributed by atoms with Crippen LogP contribution in [-0.4, -0.2) is 42.6 Å². The summed E-state index contributed by atoms with van der Waals surface area (Å²) in [4.78, 5) is 28.0. The molecule has 34 heavy (non-hydrogen) atoms. The zero-order chi connectivity index (χ0) is 24.7. The fraction of sp³-hybridized carbons (Fsp3) is 0.429. The molecule has 0 unspecified atom stereocenters. The molecule has 0 aromatic heterocycles. The highest BCUT2D eigenvalue weighted by Gasteiger charge is 2.38. The standard InChI is InChI=1S/C28H36N2O4/c1-6-17-34-24-14-10-22(11-15-24)25-26(29-23-12-8-21(9-13-23)19(2)3)28(32)30(27(25)31)16-7-18-33-20(4)5/h8-15,19-20,29H,6-7,16-18H2,1-5H3. The lowest BCUT2D eigenvalue weighted by atomic mass is 10.0. The number of benzene rings is 2. The van der Waals surface area contributed by atoms with Crippen LogP contribution in [0.1, 0.15) is 64.5 Å². The average molecular weight is 465 g/mol. The van der Waals surface area contributed by atoms with Crippen molar-refractivity contribution >= 4 is 23.1 Å². The first-order valence-electron chi connectivity index (χ1n) is 12.1. The van der Waals surface area contributed by atoms with Gasteiger partial charge in [0, 0.05) is 18.8 Å². The molecule has 0 spiro atoms. The van der Waals surface area contributed by atoms with E-state index in [0.717, 1.165) is 17.9 Å². The van der Waals surface area contributed by atoms with Crippen LogP contribution in [0, 0.1) is 0 Å². The second-order valence-corrected chi connectivity index (χ2v) is 9.06. The molecule has 0 radical (unpaired) electrons. The highest BCUT2D eigenvalue weighted by atomic mass is 16.5. The molecule has 6 heteroatoms. The molecule has 0 bridgehead atoms. The summed E-state index contributed by atoms with van der Waals surface area (Å²) < 4.78 is 11.3. The van der Waals surface area contributed by atoms with E-state index in [2.05, 4.69) is 26.1 Å². The quantitative estimate of drug-likeness (QED) is 0.327. The number of imide groups is 1. The summed E-state index contributed by atoms with van der Waals surface area (Å²) in [5, 5.41) is 3.23. The van der Waals surface area contributed by atoms with Gasteiger partial charge in [0.05, 0.1) is 18.3 Å². The Hall–Kier alpha value is -3.12. The molecule has 2 amide bonds. The first-order chi connectivity index (χ1) is 16.3. The third-order valence-electron chi connectivity index (χ3n) is 5.61. The number of rotatable bonds is 12. The smallest absolute Gasteiger partial charge is 0.278 e. The predicted molar refractivity (Wildman–Crippen MR) is 136 cm³/mol. The van der Waals surface area contributed by atoms with Gasteiger partial charge < -0.3 is 14.8 Å². The van der Waals surface area contributed by atoms with Crippen LogP contribution in [0.5, 0.6) is 5.75 Å². The summed E-state index contributed by atoms with van der Waals surface area (Å²) >= 11 is 0. The van der Waals surface area contributed by atoms with E-state index in [4.69, 9.17) is 9.47 Å². The fourth-order valence-electron chi connectivity index (χ4n) is 3.74. The minimum atomic E-state index is -0.316. The van der Waals surface area contributed by atoms with Gasteiger partial charge in [-0.15, -0.1) is 0 Å². The Kier molecular flexibility index (Phi) is 8.88. The van der Waals surface area contributed by atoms with Crippen LogP contribution in [-0.2, 0) is 14.3 Å². The third kappa shape index (κ3) is 6.26. The number of nitrogens with zero attached hydrogens (tertiary/aromatic N) is 1. The van der Waals surface area contributed by atoms with Crippen molar-refractivity contribution in [3.63, 3.8) is 0 Å². The van der Waals surface area contributed by atoms with Crippen LogP contribution in [0.25, 0.3) is 5.57 Å². The van der Waals surface area contributed by atoms with Gasteiger partial charge in [-0.05, 0) is 68.0 Å². The summed E-state index contributed by atoms with van der Waals surface area (Å²) in [6.07, 6.45) is 1.61. The van der Waals surface area contributed by atoms with Crippen LogP contribution in [0.3, 0.4) is 0 Å². The molecule has 0 fully saturated rings. The Morgan fingerprint density at radius 3 is 2.15 bits per heavy atom. The van der Waals surface area contributed by atoms with Crippen LogP contribution < -0.4 is 10.1 Å². The summed E-state index contributed by atoms with van der Waals surface area (Å²) in [5.41, 5.74) is 3.34. The average Bonchev–Trinajstić information content (AvgIpc) is 3.05. The number of hydrogen-bond acceptors (Lipinski definition) is 5. The van der Waals surface area contributed by atoms with Crippen molar-refractivity contribution < 1.29 is 19.1 Å². The molecule has 3 rings (SSSR count). The Morgan fingerprint density at radius 2 is 1.56 bits per heavy atom. The van der Waals surface area contributed by atoms with Gasteiger partial charge >= 0.3 is 0 Å². The molecule has 2 aromatic carbocycles. The van der Waals surface area contributed by atoms with Crippen molar-refractivity contribution in [2.75, 3.05) is 25.1 Å². The maximum atomic E-state index is 13.4. The van der Waals surface area contributed by atoms with Crippen LogP contribution in [0.15, 0.2) is 54.2 Å². The molecule has 0 aliphatic carbocycles. The lowest BCUT2D eigenvalue weighted by Gasteiger charge is -2.16. The normalized spacial score (nSPS) is 14.0. The molecule has 6 nitrogen and oxygen atoms in total. The maximum Gasteiger partial charge on any atom is 0.278 e. The van der Waals surface area contributed by atoms with Crippen molar-refractivity contribution in [2.45, 2.75) is 59.5 Å². The van der Waals surface area contributed by atoms with Crippen LogP contribution in [0.2, 0.25) is 0 Å². The number of carbonyl (C=O) groups excluding carboxylic acids is 2. The van der Waals surface area contributed by atoms with Crippen LogP contribution >= 0.6 is 0 Å². The zero-order valence-electron chi connectivity index (χ0n) is 20.9. The number of nitrogens with one attached hydrogen (secondary N) is 1. The Bertz CT molecular complexity index is 1010. The molecule has 1 aliphatic heterocycles. The van der Waals surface area contributed by atoms with Crippen molar-refractivity contribution in [1.29, 1.82) is 0 Å². The summed E-state index contributed by atoms with van der Waals surface area (Å²) in [7, 11) is 0. The highest BCUT2D eigenvalue weighted by molar-refractivity contribution is 6.36. The first-order valence-corrected chi connectivity index (χ1v) is 12.1. The van der Waals surface area contributed by atoms with Gasteiger partial charge in [0.25, 0.3) is 11.8 Å². The second-order valence-electron chi connectivity index (χ2n) is 9.06. The summed E-state index contributed by atoms with van der Waals surface area (Å²) in [5.74, 6) is 0.543. The molecule has 0 atom stereocenters. The first kappa shape index (κ1) is 25.5. The van der Waals surface area contributed by atoms with Crippen molar-refractivity contribution in [3.05, 3.63) is 65.4 Å². The van der Waals surface area contributed by atoms with E-state index in [1.165, 1.54) is 10.5 Å². The molecule has 182 valence electrons. The van der Waals surface area contributed by atoms with Gasteiger partial charge in [0.2, 0.25) is 0 Å². The molecule has 2 aromatic rings. The van der Waals surface area contributed by atoms with Crippen molar-refractivity contribution in [1.82, 2.24) is 4.90 Å². The fourth-order valence-corrected chi connectivity index (χ4v) is 3.74. The molecular weight excluding hydrogens is 428 g/mol. The Morgan fingerprint density at radius 1 is 0.882 bits per heavy atom. The predicted octanol–water partition coefficient (Wildman–Crippen LogP) is 5.61. The highest BCUT2D eigenvalue weighted by Crippen LogP contribution is 2.32. The molecule has 0 saturated carbocycles. The van der Waals surface area contributed by atoms with Crippen molar-refractivity contribution in [3.8, 4) is 5.75 Å². The van der Waals surface area contributed by atoms with E-state index in [1.54, 1.807) is 0 Å². The monoisotopic (exact) mass is 464 g/mol. The van der Waals surface area contributed by atoms with Gasteiger partial charge in [0.1, 0.15) is 11.4 Å². The Balaban J connectivity index is 1.88. The van der Waals surface area contributed by atoms with E-state index in [9.17, 15) is 9.59 Å². The SMILES string of the molecule is CCCOc1ccc(C2=C(Nc3ccc(C(C)C)cc3)C(=O)N(CCCOC(C)C)C2=O)cc1. The molecule has 1 heterocycles. The number of carbonyl (C=O) groups is 2. The number of hydrogen-bond donors (Lipinski definition) is 1. The second kappa shape index (κ2) is 11.8. The summed E-state index contributed by atoms with van der Waals surface area (Å²) in [6, 6.07) is 15.3. The zero-order valence-corrected chi connectivity index (χ0v) is 20.9. The van der Waals surface area contributed by atoms with E-state index >= 15 is 0 Å². The van der Waals surface area contributed by atoms with Gasteiger partial charge in [-0.3, -0.25) is 14.5 Å². The number of amides is 2. The third-order valence-corrected chi connectivity index (χ3v) is 5.61. The van der Waals surface area contributed by atoms with Crippen molar-refractivity contribution in [2.24, 2.45) is 0 Å². The van der Waals surface area contributed by atoms with E-state index in [1.807, 2.05) is 62.4 Å². The molecule has 1 aliphatic rings. The van der Waals surface area contributed by atoms with Gasteiger partial charge in [-0.2, -0.15) is 0 Å². The molecular formula is C28H36N2O4. The number of anilines is 1.